The van der Waals surface area contributed by atoms with E-state index >= 15 is 0 Å². The highest BCUT2D eigenvalue weighted by Gasteiger charge is 2.12. The van der Waals surface area contributed by atoms with Gasteiger partial charge in [-0.05, 0) is 19.4 Å². The Bertz CT molecular complexity index is 700. The maximum Gasteiger partial charge on any atom is 0.153 e. The van der Waals surface area contributed by atoms with Crippen molar-refractivity contribution < 1.29 is 0 Å². The zero-order valence-electron chi connectivity index (χ0n) is 10.1. The van der Waals surface area contributed by atoms with Gasteiger partial charge in [-0.3, -0.25) is 0 Å². The largest absolute Gasteiger partial charge is 0.383 e. The fourth-order valence-corrected chi connectivity index (χ4v) is 2.91. The van der Waals surface area contributed by atoms with E-state index in [4.69, 9.17) is 5.73 Å². The molecular weight excluding hydrogens is 248 g/mol. The predicted molar refractivity (Wildman–Crippen MR) is 70.4 cm³/mol. The summed E-state index contributed by atoms with van der Waals surface area (Å²) in [6.07, 6.45) is 3.12. The Morgan fingerprint density at radius 3 is 2.89 bits per heavy atom. The molecule has 3 aromatic heterocycles. The Morgan fingerprint density at radius 2 is 2.17 bits per heavy atom. The molecule has 0 saturated heterocycles. The molecule has 0 saturated carbocycles. The number of rotatable bonds is 2. The standard InChI is InChI=1S/C11H12N6S/c1-6-7(2)18-11-9(6)10(12)15-8(16-11)3-17-5-13-4-14-17/h4-5H,3H2,1-2H3,(H2,12,15,16). The first kappa shape index (κ1) is 11.1. The summed E-state index contributed by atoms with van der Waals surface area (Å²) in [6.45, 7) is 4.60. The van der Waals surface area contributed by atoms with E-state index in [-0.39, 0.29) is 0 Å². The van der Waals surface area contributed by atoms with Crippen LogP contribution >= 0.6 is 11.3 Å². The molecule has 0 spiro atoms. The number of nitrogens with two attached hydrogens (primary N) is 1. The number of fused-ring (bicyclic) bond motifs is 1. The third kappa shape index (κ3) is 1.72. The van der Waals surface area contributed by atoms with E-state index in [1.54, 1.807) is 22.3 Å². The van der Waals surface area contributed by atoms with Crippen molar-refractivity contribution in [2.24, 2.45) is 0 Å². The van der Waals surface area contributed by atoms with Gasteiger partial charge >= 0.3 is 0 Å². The molecular formula is C11H12N6S. The van der Waals surface area contributed by atoms with Gasteiger partial charge in [-0.25, -0.2) is 19.6 Å². The monoisotopic (exact) mass is 260 g/mol. The van der Waals surface area contributed by atoms with Crippen LogP contribution in [0.4, 0.5) is 5.82 Å². The smallest absolute Gasteiger partial charge is 0.153 e. The fraction of sp³-hybridized carbons (Fsp3) is 0.273. The van der Waals surface area contributed by atoms with Crippen molar-refractivity contribution in [2.45, 2.75) is 20.4 Å². The number of thiophene rings is 1. The molecule has 0 unspecified atom stereocenters. The molecule has 0 aromatic carbocycles. The molecule has 0 aliphatic carbocycles. The first-order chi connectivity index (χ1) is 8.65. The Balaban J connectivity index is 2.10. The van der Waals surface area contributed by atoms with Crippen LogP contribution in [0, 0.1) is 13.8 Å². The zero-order chi connectivity index (χ0) is 12.7. The van der Waals surface area contributed by atoms with Crippen molar-refractivity contribution in [3.05, 3.63) is 28.9 Å². The summed E-state index contributed by atoms with van der Waals surface area (Å²) in [6, 6.07) is 0. The van der Waals surface area contributed by atoms with Gasteiger partial charge in [0.25, 0.3) is 0 Å². The second-order valence-electron chi connectivity index (χ2n) is 4.08. The van der Waals surface area contributed by atoms with Crippen molar-refractivity contribution in [1.29, 1.82) is 0 Å². The third-order valence-corrected chi connectivity index (χ3v) is 3.97. The number of anilines is 1. The highest BCUT2D eigenvalue weighted by Crippen LogP contribution is 2.31. The summed E-state index contributed by atoms with van der Waals surface area (Å²) < 4.78 is 1.67. The lowest BCUT2D eigenvalue weighted by Crippen LogP contribution is -2.06. The number of hydrogen-bond donors (Lipinski definition) is 1. The molecule has 0 atom stereocenters. The molecule has 3 heterocycles. The van der Waals surface area contributed by atoms with Crippen LogP contribution in [-0.2, 0) is 6.54 Å². The summed E-state index contributed by atoms with van der Waals surface area (Å²) in [5.74, 6) is 1.20. The van der Waals surface area contributed by atoms with Crippen LogP contribution in [0.5, 0.6) is 0 Å². The average molecular weight is 260 g/mol. The van der Waals surface area contributed by atoms with Crippen molar-refractivity contribution in [3.8, 4) is 0 Å². The molecule has 0 aliphatic heterocycles. The molecule has 7 heteroatoms. The third-order valence-electron chi connectivity index (χ3n) is 2.87. The van der Waals surface area contributed by atoms with Crippen LogP contribution in [0.3, 0.4) is 0 Å². The first-order valence-corrected chi connectivity index (χ1v) is 6.31. The van der Waals surface area contributed by atoms with Crippen molar-refractivity contribution in [2.75, 3.05) is 5.73 Å². The second kappa shape index (κ2) is 4.02. The summed E-state index contributed by atoms with van der Waals surface area (Å²) >= 11 is 1.64. The molecule has 0 aliphatic rings. The SMILES string of the molecule is Cc1sc2nc(Cn3cncn3)nc(N)c2c1C. The first-order valence-electron chi connectivity index (χ1n) is 5.49. The Hall–Kier alpha value is -2.02. The van der Waals surface area contributed by atoms with E-state index in [2.05, 4.69) is 27.0 Å². The summed E-state index contributed by atoms with van der Waals surface area (Å²) in [4.78, 5) is 14.9. The number of aromatic nitrogens is 5. The topological polar surface area (TPSA) is 82.5 Å². The van der Waals surface area contributed by atoms with E-state index < -0.39 is 0 Å². The zero-order valence-corrected chi connectivity index (χ0v) is 10.9. The van der Waals surface area contributed by atoms with E-state index in [0.29, 0.717) is 18.2 Å². The maximum atomic E-state index is 6.01. The van der Waals surface area contributed by atoms with Gasteiger partial charge < -0.3 is 5.73 Å². The van der Waals surface area contributed by atoms with Gasteiger partial charge in [-0.2, -0.15) is 5.10 Å². The van der Waals surface area contributed by atoms with Gasteiger partial charge in [0.1, 0.15) is 29.8 Å². The molecule has 92 valence electrons. The average Bonchev–Trinajstić information content (AvgIpc) is 2.89. The summed E-state index contributed by atoms with van der Waals surface area (Å²) in [5.41, 5.74) is 7.18. The van der Waals surface area contributed by atoms with Gasteiger partial charge in [0.2, 0.25) is 0 Å². The molecule has 0 bridgehead atoms. The Labute approximate surface area is 108 Å². The van der Waals surface area contributed by atoms with Gasteiger partial charge in [0, 0.05) is 4.88 Å². The summed E-state index contributed by atoms with van der Waals surface area (Å²) in [5, 5.41) is 5.00. The van der Waals surface area contributed by atoms with Crippen LogP contribution in [0.2, 0.25) is 0 Å². The fourth-order valence-electron chi connectivity index (χ4n) is 1.86. The van der Waals surface area contributed by atoms with E-state index in [0.717, 1.165) is 10.2 Å². The van der Waals surface area contributed by atoms with Crippen LogP contribution in [0.15, 0.2) is 12.7 Å². The van der Waals surface area contributed by atoms with Crippen LogP contribution in [-0.4, -0.2) is 24.7 Å². The van der Waals surface area contributed by atoms with E-state index in [1.807, 2.05) is 6.92 Å². The minimum Gasteiger partial charge on any atom is -0.383 e. The van der Waals surface area contributed by atoms with Gasteiger partial charge in [0.05, 0.1) is 5.39 Å². The lowest BCUT2D eigenvalue weighted by Gasteiger charge is -2.03. The molecule has 0 fully saturated rings. The number of nitrogen functional groups attached to an aromatic ring is 1. The van der Waals surface area contributed by atoms with Crippen molar-refractivity contribution in [3.63, 3.8) is 0 Å². The quantitative estimate of drug-likeness (QED) is 0.755. The predicted octanol–water partition coefficient (Wildman–Crippen LogP) is 1.53. The highest BCUT2D eigenvalue weighted by atomic mass is 32.1. The van der Waals surface area contributed by atoms with Crippen molar-refractivity contribution in [1.82, 2.24) is 24.7 Å². The highest BCUT2D eigenvalue weighted by molar-refractivity contribution is 7.18. The summed E-state index contributed by atoms with van der Waals surface area (Å²) in [7, 11) is 0. The molecule has 3 aromatic rings. The van der Waals surface area contributed by atoms with Gasteiger partial charge in [-0.1, -0.05) is 0 Å². The van der Waals surface area contributed by atoms with Crippen molar-refractivity contribution >= 4 is 27.4 Å². The normalized spacial score (nSPS) is 11.2. The number of hydrogen-bond acceptors (Lipinski definition) is 6. The van der Waals surface area contributed by atoms with Crippen LogP contribution in [0.1, 0.15) is 16.3 Å². The molecule has 0 radical (unpaired) electrons. The minimum absolute atomic E-state index is 0.482. The van der Waals surface area contributed by atoms with Gasteiger partial charge in [-0.15, -0.1) is 11.3 Å². The minimum atomic E-state index is 0.482. The van der Waals surface area contributed by atoms with Gasteiger partial charge in [0.15, 0.2) is 5.82 Å². The van der Waals surface area contributed by atoms with E-state index in [9.17, 15) is 0 Å². The molecule has 0 amide bonds. The number of aryl methyl sites for hydroxylation is 2. The molecule has 6 nitrogen and oxygen atoms in total. The molecule has 3 rings (SSSR count). The Kier molecular flexibility index (Phi) is 2.48. The number of nitrogens with zero attached hydrogens (tertiary/aromatic N) is 5. The molecule has 18 heavy (non-hydrogen) atoms. The second-order valence-corrected chi connectivity index (χ2v) is 5.28. The van der Waals surface area contributed by atoms with Crippen LogP contribution < -0.4 is 5.73 Å². The van der Waals surface area contributed by atoms with E-state index in [1.165, 1.54) is 16.8 Å². The lowest BCUT2D eigenvalue weighted by atomic mass is 10.2. The maximum absolute atomic E-state index is 6.01. The van der Waals surface area contributed by atoms with Crippen LogP contribution in [0.25, 0.3) is 10.2 Å². The lowest BCUT2D eigenvalue weighted by molar-refractivity contribution is 0.657. The Morgan fingerprint density at radius 1 is 1.33 bits per heavy atom. The molecule has 2 N–H and O–H groups in total.